The molecule has 8 heteroatoms. The Morgan fingerprint density at radius 3 is 2.67 bits per heavy atom. The van der Waals surface area contributed by atoms with E-state index in [-0.39, 0.29) is 5.91 Å². The number of epoxide rings is 1. The summed E-state index contributed by atoms with van der Waals surface area (Å²) in [5.41, 5.74) is 0. The highest BCUT2D eigenvalue weighted by Gasteiger charge is 2.45. The lowest BCUT2D eigenvalue weighted by atomic mass is 9.97. The number of nitrogens with one attached hydrogen (secondary N) is 1. The van der Waals surface area contributed by atoms with Crippen molar-refractivity contribution in [2.45, 2.75) is 56.5 Å². The first kappa shape index (κ1) is 16.6. The normalized spacial score (nSPS) is 39.0. The van der Waals surface area contributed by atoms with Crippen LogP contribution in [0.5, 0.6) is 0 Å². The zero-order valence-corrected chi connectivity index (χ0v) is 12.0. The van der Waals surface area contributed by atoms with Crippen LogP contribution in [0.3, 0.4) is 0 Å². The van der Waals surface area contributed by atoms with Crippen molar-refractivity contribution in [1.29, 1.82) is 0 Å². The highest BCUT2D eigenvalue weighted by molar-refractivity contribution is 5.73. The van der Waals surface area contributed by atoms with Gasteiger partial charge in [-0.15, -0.1) is 0 Å². The molecule has 0 unspecified atom stereocenters. The van der Waals surface area contributed by atoms with Crippen LogP contribution in [-0.4, -0.2) is 77.8 Å². The van der Waals surface area contributed by atoms with Crippen LogP contribution in [0.4, 0.5) is 0 Å². The first-order valence-corrected chi connectivity index (χ1v) is 7.15. The number of carbonyl (C=O) groups is 1. The van der Waals surface area contributed by atoms with Crippen LogP contribution >= 0.6 is 0 Å². The average molecular weight is 305 g/mol. The quantitative estimate of drug-likeness (QED) is 0.321. The van der Waals surface area contributed by atoms with E-state index in [1.807, 2.05) is 0 Å². The fourth-order valence-electron chi connectivity index (χ4n) is 2.36. The van der Waals surface area contributed by atoms with Gasteiger partial charge in [0.2, 0.25) is 5.91 Å². The molecule has 2 aliphatic heterocycles. The van der Waals surface area contributed by atoms with E-state index < -0.39 is 37.3 Å². The molecule has 0 aliphatic carbocycles. The number of rotatable bonds is 7. The van der Waals surface area contributed by atoms with Gasteiger partial charge in [0.15, 0.2) is 6.29 Å². The summed E-state index contributed by atoms with van der Waals surface area (Å²) in [5.74, 6) is -0.364. The van der Waals surface area contributed by atoms with Crippen molar-refractivity contribution in [2.24, 2.45) is 0 Å². The summed E-state index contributed by atoms with van der Waals surface area (Å²) >= 11 is 0. The largest absolute Gasteiger partial charge is 0.394 e. The monoisotopic (exact) mass is 305 g/mol. The molecule has 0 aromatic rings. The summed E-state index contributed by atoms with van der Waals surface area (Å²) < 4.78 is 16.1. The number of hydrogen-bond donors (Lipinski definition) is 4. The van der Waals surface area contributed by atoms with Crippen LogP contribution in [0.15, 0.2) is 0 Å². The molecular formula is C13H23NO7. The zero-order chi connectivity index (χ0) is 15.4. The maximum Gasteiger partial charge on any atom is 0.217 e. The van der Waals surface area contributed by atoms with E-state index in [2.05, 4.69) is 5.32 Å². The molecule has 1 amide bonds. The molecule has 2 aliphatic rings. The van der Waals surface area contributed by atoms with Crippen LogP contribution in [0.1, 0.15) is 19.8 Å². The van der Waals surface area contributed by atoms with Gasteiger partial charge in [-0.05, 0) is 12.8 Å². The van der Waals surface area contributed by atoms with E-state index in [0.29, 0.717) is 12.7 Å². The lowest BCUT2D eigenvalue weighted by Crippen LogP contribution is -2.64. The van der Waals surface area contributed by atoms with Crippen LogP contribution < -0.4 is 5.32 Å². The minimum Gasteiger partial charge on any atom is -0.394 e. The fraction of sp³-hybridized carbons (Fsp3) is 0.923. The van der Waals surface area contributed by atoms with Gasteiger partial charge in [0.25, 0.3) is 0 Å². The van der Waals surface area contributed by atoms with Gasteiger partial charge < -0.3 is 34.8 Å². The van der Waals surface area contributed by atoms with Crippen molar-refractivity contribution >= 4 is 5.91 Å². The summed E-state index contributed by atoms with van der Waals surface area (Å²) in [6.07, 6.45) is -2.45. The van der Waals surface area contributed by atoms with Crippen LogP contribution in [0.2, 0.25) is 0 Å². The third kappa shape index (κ3) is 4.60. The average Bonchev–Trinajstić information content (AvgIpc) is 3.26. The van der Waals surface area contributed by atoms with Crippen molar-refractivity contribution in [2.75, 3.05) is 19.8 Å². The predicted octanol–water partition coefficient (Wildman–Crippen LogP) is -1.87. The number of ether oxygens (including phenoxy) is 3. The summed E-state index contributed by atoms with van der Waals surface area (Å²) in [6.45, 7) is 2.02. The van der Waals surface area contributed by atoms with Crippen LogP contribution in [-0.2, 0) is 19.0 Å². The Bertz CT molecular complexity index is 349. The molecule has 2 heterocycles. The minimum atomic E-state index is -1.29. The molecule has 2 rings (SSSR count). The van der Waals surface area contributed by atoms with E-state index in [1.54, 1.807) is 0 Å². The third-order valence-electron chi connectivity index (χ3n) is 3.61. The van der Waals surface area contributed by atoms with Gasteiger partial charge in [-0.3, -0.25) is 4.79 Å². The van der Waals surface area contributed by atoms with E-state index in [9.17, 15) is 15.0 Å². The lowest BCUT2D eigenvalue weighted by molar-refractivity contribution is -0.270. The van der Waals surface area contributed by atoms with Gasteiger partial charge in [0.1, 0.15) is 24.4 Å². The molecule has 8 nitrogen and oxygen atoms in total. The van der Waals surface area contributed by atoms with Crippen molar-refractivity contribution in [1.82, 2.24) is 5.32 Å². The van der Waals surface area contributed by atoms with Gasteiger partial charge in [-0.1, -0.05) is 0 Å². The number of hydrogen-bond acceptors (Lipinski definition) is 7. The van der Waals surface area contributed by atoms with E-state index in [4.69, 9.17) is 19.3 Å². The third-order valence-corrected chi connectivity index (χ3v) is 3.61. The van der Waals surface area contributed by atoms with Gasteiger partial charge in [0, 0.05) is 13.5 Å². The Hall–Kier alpha value is -0.770. The van der Waals surface area contributed by atoms with E-state index >= 15 is 0 Å². The molecular weight excluding hydrogens is 282 g/mol. The van der Waals surface area contributed by atoms with Gasteiger partial charge in [-0.25, -0.2) is 0 Å². The molecule has 0 bridgehead atoms. The van der Waals surface area contributed by atoms with Crippen molar-refractivity contribution < 1.29 is 34.3 Å². The molecule has 2 saturated heterocycles. The Labute approximate surface area is 123 Å². The Balaban J connectivity index is 1.89. The molecule has 0 saturated carbocycles. The molecule has 0 aromatic heterocycles. The van der Waals surface area contributed by atoms with Crippen LogP contribution in [0.25, 0.3) is 0 Å². The summed E-state index contributed by atoms with van der Waals surface area (Å²) in [6, 6.07) is -0.877. The molecule has 2 fully saturated rings. The highest BCUT2D eigenvalue weighted by atomic mass is 16.7. The molecule has 0 aromatic carbocycles. The topological polar surface area (TPSA) is 121 Å². The summed E-state index contributed by atoms with van der Waals surface area (Å²) in [4.78, 5) is 11.2. The molecule has 0 radical (unpaired) electrons. The van der Waals surface area contributed by atoms with Gasteiger partial charge in [0.05, 0.1) is 19.3 Å². The fourth-order valence-corrected chi connectivity index (χ4v) is 2.36. The summed E-state index contributed by atoms with van der Waals surface area (Å²) in [7, 11) is 0. The highest BCUT2D eigenvalue weighted by Crippen LogP contribution is 2.23. The second-order valence-corrected chi connectivity index (χ2v) is 5.40. The minimum absolute atomic E-state index is 0.310. The van der Waals surface area contributed by atoms with Crippen LogP contribution in [0, 0.1) is 0 Å². The lowest BCUT2D eigenvalue weighted by Gasteiger charge is -2.42. The Morgan fingerprint density at radius 2 is 2.10 bits per heavy atom. The molecule has 21 heavy (non-hydrogen) atoms. The number of aliphatic hydroxyl groups is 3. The first-order valence-electron chi connectivity index (χ1n) is 7.15. The Morgan fingerprint density at radius 1 is 1.38 bits per heavy atom. The molecule has 6 atom stereocenters. The molecule has 122 valence electrons. The van der Waals surface area contributed by atoms with Gasteiger partial charge >= 0.3 is 0 Å². The SMILES string of the molecule is CC(=O)N[C@H]1[C@H](OCCC[C@@H]2CO2)O[C@H](CO)[C@@H](O)[C@@H]1O. The van der Waals surface area contributed by atoms with Crippen molar-refractivity contribution in [3.8, 4) is 0 Å². The smallest absolute Gasteiger partial charge is 0.217 e. The van der Waals surface area contributed by atoms with Crippen molar-refractivity contribution in [3.63, 3.8) is 0 Å². The zero-order valence-electron chi connectivity index (χ0n) is 12.0. The standard InChI is InChI=1S/C13H23NO7/c1-7(16)14-10-12(18)11(17)9(5-15)21-13(10)19-4-2-3-8-6-20-8/h8-13,15,17-18H,2-6H2,1H3,(H,14,16)/t8-,9-,10-,11-,12-,13-/m1/s1. The summed E-state index contributed by atoms with van der Waals surface area (Å²) in [5, 5.41) is 31.6. The maximum absolute atomic E-state index is 11.2. The van der Waals surface area contributed by atoms with Crippen molar-refractivity contribution in [3.05, 3.63) is 0 Å². The molecule has 4 N–H and O–H groups in total. The van der Waals surface area contributed by atoms with E-state index in [1.165, 1.54) is 6.92 Å². The van der Waals surface area contributed by atoms with Gasteiger partial charge in [-0.2, -0.15) is 0 Å². The number of carbonyl (C=O) groups excluding carboxylic acids is 1. The number of aliphatic hydroxyl groups excluding tert-OH is 3. The second-order valence-electron chi connectivity index (χ2n) is 5.40. The maximum atomic E-state index is 11.2. The first-order chi connectivity index (χ1) is 10.0. The van der Waals surface area contributed by atoms with E-state index in [0.717, 1.165) is 19.4 Å². The predicted molar refractivity (Wildman–Crippen MR) is 70.3 cm³/mol. The number of amides is 1. The Kier molecular flexibility index (Phi) is 5.91. The second kappa shape index (κ2) is 7.48. The molecule has 0 spiro atoms.